The predicted octanol–water partition coefficient (Wildman–Crippen LogP) is 1.27. The van der Waals surface area contributed by atoms with Crippen molar-refractivity contribution >= 4 is 17.6 Å². The molecule has 2 atom stereocenters. The van der Waals surface area contributed by atoms with E-state index >= 15 is 0 Å². The van der Waals surface area contributed by atoms with Crippen LogP contribution in [0.4, 0.5) is 5.69 Å². The van der Waals surface area contributed by atoms with Crippen LogP contribution >= 0.6 is 0 Å². The topological polar surface area (TPSA) is 66.8 Å². The number of para-hydroxylation sites is 2. The molecular formula is C12H13NO4. The molecule has 17 heavy (non-hydrogen) atoms. The smallest absolute Gasteiger partial charge is 0.326 e. The summed E-state index contributed by atoms with van der Waals surface area (Å²) in [6.45, 7) is 3.09. The van der Waals surface area contributed by atoms with E-state index in [1.807, 2.05) is 0 Å². The van der Waals surface area contributed by atoms with Crippen molar-refractivity contribution in [3.05, 3.63) is 24.3 Å². The van der Waals surface area contributed by atoms with E-state index in [0.29, 0.717) is 11.4 Å². The number of nitrogens with zero attached hydrogens (tertiary/aromatic N) is 1. The molecule has 0 radical (unpaired) electrons. The third-order valence-electron chi connectivity index (χ3n) is 2.76. The molecule has 2 rings (SSSR count). The number of amides is 1. The summed E-state index contributed by atoms with van der Waals surface area (Å²) < 4.78 is 5.42. The van der Waals surface area contributed by atoms with Gasteiger partial charge in [-0.25, -0.2) is 4.79 Å². The van der Waals surface area contributed by atoms with Crippen molar-refractivity contribution in [3.8, 4) is 5.75 Å². The van der Waals surface area contributed by atoms with Crippen molar-refractivity contribution in [2.75, 3.05) is 4.90 Å². The Bertz CT molecular complexity index is 471. The van der Waals surface area contributed by atoms with Gasteiger partial charge >= 0.3 is 5.97 Å². The first-order valence-corrected chi connectivity index (χ1v) is 5.34. The van der Waals surface area contributed by atoms with Crippen LogP contribution in [-0.2, 0) is 9.59 Å². The molecule has 0 saturated carbocycles. The van der Waals surface area contributed by atoms with Gasteiger partial charge in [-0.05, 0) is 26.0 Å². The first-order chi connectivity index (χ1) is 8.02. The quantitative estimate of drug-likeness (QED) is 0.838. The van der Waals surface area contributed by atoms with Gasteiger partial charge in [-0.3, -0.25) is 9.69 Å². The molecule has 1 aliphatic rings. The maximum absolute atomic E-state index is 12.0. The number of hydrogen-bond acceptors (Lipinski definition) is 3. The molecule has 0 spiro atoms. The SMILES string of the molecule is C[C@H](C(=O)O)N1C(=O)[C@@H](C)Oc2ccccc21. The predicted molar refractivity (Wildman–Crippen MR) is 61.1 cm³/mol. The zero-order valence-electron chi connectivity index (χ0n) is 9.58. The van der Waals surface area contributed by atoms with Crippen LogP contribution < -0.4 is 9.64 Å². The zero-order chi connectivity index (χ0) is 12.6. The minimum atomic E-state index is -1.04. The van der Waals surface area contributed by atoms with Crippen LogP contribution in [0.5, 0.6) is 5.75 Å². The summed E-state index contributed by atoms with van der Waals surface area (Å²) in [5.41, 5.74) is 0.505. The minimum absolute atomic E-state index is 0.335. The summed E-state index contributed by atoms with van der Waals surface area (Å²) in [6.07, 6.45) is -0.660. The summed E-state index contributed by atoms with van der Waals surface area (Å²) >= 11 is 0. The number of carboxylic acid groups (broad SMARTS) is 1. The number of carbonyl (C=O) groups is 2. The third-order valence-corrected chi connectivity index (χ3v) is 2.76. The Hall–Kier alpha value is -2.04. The highest BCUT2D eigenvalue weighted by atomic mass is 16.5. The van der Waals surface area contributed by atoms with E-state index in [0.717, 1.165) is 0 Å². The maximum Gasteiger partial charge on any atom is 0.326 e. The van der Waals surface area contributed by atoms with Crippen LogP contribution in [0, 0.1) is 0 Å². The highest BCUT2D eigenvalue weighted by Gasteiger charge is 2.36. The average molecular weight is 235 g/mol. The van der Waals surface area contributed by atoms with Gasteiger partial charge in [-0.15, -0.1) is 0 Å². The van der Waals surface area contributed by atoms with E-state index in [1.54, 1.807) is 31.2 Å². The first-order valence-electron chi connectivity index (χ1n) is 5.34. The molecule has 5 nitrogen and oxygen atoms in total. The molecule has 1 amide bonds. The number of carboxylic acids is 1. The second-order valence-corrected chi connectivity index (χ2v) is 3.95. The Labute approximate surface area is 98.6 Å². The monoisotopic (exact) mass is 235 g/mol. The summed E-state index contributed by atoms with van der Waals surface area (Å²) in [4.78, 5) is 24.3. The van der Waals surface area contributed by atoms with Crippen LogP contribution in [0.25, 0.3) is 0 Å². The number of benzene rings is 1. The second kappa shape index (κ2) is 4.08. The number of ether oxygens (including phenoxy) is 1. The van der Waals surface area contributed by atoms with Gasteiger partial charge in [0.05, 0.1) is 5.69 Å². The van der Waals surface area contributed by atoms with E-state index < -0.39 is 18.1 Å². The van der Waals surface area contributed by atoms with Crippen LogP contribution in [0.2, 0.25) is 0 Å². The van der Waals surface area contributed by atoms with E-state index in [4.69, 9.17) is 9.84 Å². The summed E-state index contributed by atoms with van der Waals surface area (Å²) in [6, 6.07) is 6.02. The molecule has 0 aliphatic carbocycles. The number of carbonyl (C=O) groups excluding carboxylic acids is 1. The van der Waals surface area contributed by atoms with Crippen molar-refractivity contribution in [1.29, 1.82) is 0 Å². The van der Waals surface area contributed by atoms with Gasteiger partial charge in [0.1, 0.15) is 11.8 Å². The Kier molecular flexibility index (Phi) is 2.75. The molecular weight excluding hydrogens is 222 g/mol. The lowest BCUT2D eigenvalue weighted by Gasteiger charge is -2.35. The molecule has 0 aromatic heterocycles. The molecule has 1 aromatic rings. The van der Waals surface area contributed by atoms with Crippen molar-refractivity contribution in [2.24, 2.45) is 0 Å². The number of rotatable bonds is 2. The fourth-order valence-electron chi connectivity index (χ4n) is 1.82. The third kappa shape index (κ3) is 1.84. The molecule has 1 aliphatic heterocycles. The number of aliphatic carboxylic acids is 1. The van der Waals surface area contributed by atoms with E-state index in [1.165, 1.54) is 11.8 Å². The van der Waals surface area contributed by atoms with Gasteiger partial charge in [0, 0.05) is 0 Å². The Balaban J connectivity index is 2.49. The van der Waals surface area contributed by atoms with Crippen molar-refractivity contribution < 1.29 is 19.4 Å². The van der Waals surface area contributed by atoms with Crippen LogP contribution in [0.15, 0.2) is 24.3 Å². The zero-order valence-corrected chi connectivity index (χ0v) is 9.58. The number of hydrogen-bond donors (Lipinski definition) is 1. The average Bonchev–Trinajstić information content (AvgIpc) is 2.30. The van der Waals surface area contributed by atoms with Crippen molar-refractivity contribution in [3.63, 3.8) is 0 Å². The normalized spacial score (nSPS) is 20.5. The highest BCUT2D eigenvalue weighted by Crippen LogP contribution is 2.34. The largest absolute Gasteiger partial charge is 0.480 e. The van der Waals surface area contributed by atoms with Gasteiger partial charge in [0.15, 0.2) is 6.10 Å². The Morgan fingerprint density at radius 1 is 1.47 bits per heavy atom. The lowest BCUT2D eigenvalue weighted by molar-refractivity contribution is -0.140. The lowest BCUT2D eigenvalue weighted by Crippen LogP contribution is -2.51. The van der Waals surface area contributed by atoms with Gasteiger partial charge in [-0.1, -0.05) is 12.1 Å². The van der Waals surface area contributed by atoms with Gasteiger partial charge in [-0.2, -0.15) is 0 Å². The maximum atomic E-state index is 12.0. The fourth-order valence-corrected chi connectivity index (χ4v) is 1.82. The second-order valence-electron chi connectivity index (χ2n) is 3.95. The van der Waals surface area contributed by atoms with Gasteiger partial charge < -0.3 is 9.84 Å². The molecule has 0 fully saturated rings. The Morgan fingerprint density at radius 3 is 2.76 bits per heavy atom. The number of fused-ring (bicyclic) bond motifs is 1. The summed E-state index contributed by atoms with van der Waals surface area (Å²) in [5, 5.41) is 9.03. The summed E-state index contributed by atoms with van der Waals surface area (Å²) in [7, 11) is 0. The summed E-state index contributed by atoms with van der Waals surface area (Å²) in [5.74, 6) is -0.839. The van der Waals surface area contributed by atoms with E-state index in [2.05, 4.69) is 0 Å². The lowest BCUT2D eigenvalue weighted by atomic mass is 10.1. The molecule has 1 heterocycles. The standard InChI is InChI=1S/C12H13NO4/c1-7(12(15)16)13-9-5-3-4-6-10(9)17-8(2)11(13)14/h3-8H,1-2H3,(H,15,16)/t7-,8-/m1/s1. The van der Waals surface area contributed by atoms with Gasteiger partial charge in [0.25, 0.3) is 5.91 Å². The number of anilines is 1. The van der Waals surface area contributed by atoms with Crippen LogP contribution in [0.3, 0.4) is 0 Å². The molecule has 0 saturated heterocycles. The van der Waals surface area contributed by atoms with Crippen molar-refractivity contribution in [2.45, 2.75) is 26.0 Å². The molecule has 1 N–H and O–H groups in total. The highest BCUT2D eigenvalue weighted by molar-refractivity contribution is 6.03. The fraction of sp³-hybridized carbons (Fsp3) is 0.333. The molecule has 0 bridgehead atoms. The van der Waals surface area contributed by atoms with Crippen molar-refractivity contribution in [1.82, 2.24) is 0 Å². The van der Waals surface area contributed by atoms with E-state index in [-0.39, 0.29) is 5.91 Å². The Morgan fingerprint density at radius 2 is 2.12 bits per heavy atom. The first kappa shape index (κ1) is 11.4. The molecule has 5 heteroatoms. The van der Waals surface area contributed by atoms with Gasteiger partial charge in [0.2, 0.25) is 0 Å². The molecule has 0 unspecified atom stereocenters. The molecule has 90 valence electrons. The molecule has 1 aromatic carbocycles. The van der Waals surface area contributed by atoms with E-state index in [9.17, 15) is 9.59 Å². The minimum Gasteiger partial charge on any atom is -0.480 e. The van der Waals surface area contributed by atoms with Crippen LogP contribution in [-0.4, -0.2) is 29.1 Å². The van der Waals surface area contributed by atoms with Crippen LogP contribution in [0.1, 0.15) is 13.8 Å².